The van der Waals surface area contributed by atoms with E-state index < -0.39 is 51.2 Å². The monoisotopic (exact) mass is 1110 g/mol. The van der Waals surface area contributed by atoms with E-state index in [4.69, 9.17) is 31.0 Å². The second-order valence-electron chi connectivity index (χ2n) is 16.0. The van der Waals surface area contributed by atoms with Gasteiger partial charge in [-0.3, -0.25) is 9.11 Å². The van der Waals surface area contributed by atoms with Crippen LogP contribution in [0.25, 0.3) is 21.5 Å². The normalized spacial score (nSPS) is 11.9. The number of nitrogens with two attached hydrogens (primary N) is 1. The topological polar surface area (TPSA) is 381 Å². The van der Waals surface area contributed by atoms with Crippen molar-refractivity contribution in [3.63, 3.8) is 0 Å². The molecule has 0 bridgehead atoms. The number of phenols is 1. The van der Waals surface area contributed by atoms with E-state index in [0.717, 1.165) is 40.3 Å². The van der Waals surface area contributed by atoms with Crippen molar-refractivity contribution >= 4 is 126 Å². The number of phenolic OH excluding ortho intramolecular Hbond substituents is 1. The number of nitrogens with zero attached hydrogens (tertiary/aromatic N) is 10. The molecule has 0 unspecified atom stereocenters. The number of aryl methyl sites for hydroxylation is 4. The Kier molecular flexibility index (Phi) is 18.0. The van der Waals surface area contributed by atoms with E-state index in [1.807, 2.05) is 51.1 Å². The van der Waals surface area contributed by atoms with Gasteiger partial charge >= 0.3 is 21.2 Å². The maximum atomic E-state index is 12.2. The quantitative estimate of drug-likeness (QED) is 0.0502. The van der Waals surface area contributed by atoms with Gasteiger partial charge in [0.05, 0.1) is 45.5 Å². The van der Waals surface area contributed by atoms with Crippen molar-refractivity contribution in [2.45, 2.75) is 37.5 Å². The van der Waals surface area contributed by atoms with Gasteiger partial charge in [-0.1, -0.05) is 18.2 Å². The van der Waals surface area contributed by atoms with Gasteiger partial charge in [0.2, 0.25) is 0 Å². The Balaban J connectivity index is 0.00000109. The molecule has 0 aliphatic carbocycles. The highest BCUT2D eigenvalue weighted by molar-refractivity contribution is 7.86. The van der Waals surface area contributed by atoms with E-state index in [0.29, 0.717) is 67.8 Å². The van der Waals surface area contributed by atoms with Crippen molar-refractivity contribution in [2.75, 3.05) is 5.73 Å². The molecule has 24 nitrogen and oxygen atoms in total. The maximum absolute atomic E-state index is 12.2. The second kappa shape index (κ2) is 24.3. The molecular weight excluding hydrogens is 1070 g/mol. The minimum absolute atomic E-state index is 0.00851. The van der Waals surface area contributed by atoms with Crippen LogP contribution in [0.5, 0.6) is 5.75 Å². The number of hydrogen-bond acceptors (Lipinski definition) is 22. The summed E-state index contributed by atoms with van der Waals surface area (Å²) in [6, 6.07) is 36.0. The summed E-state index contributed by atoms with van der Waals surface area (Å²) in [5.74, 6) is -0.00851. The third kappa shape index (κ3) is 15.3. The molecule has 0 saturated carbocycles. The number of anilines is 1. The van der Waals surface area contributed by atoms with Gasteiger partial charge in [-0.05, 0) is 176 Å². The molecule has 0 amide bonds. The van der Waals surface area contributed by atoms with Crippen LogP contribution in [0.15, 0.2) is 194 Å². The van der Waals surface area contributed by atoms with Crippen molar-refractivity contribution in [3.8, 4) is 5.75 Å². The lowest BCUT2D eigenvalue weighted by Gasteiger charge is -2.08. The summed E-state index contributed by atoms with van der Waals surface area (Å²) in [5, 5.41) is 55.8. The van der Waals surface area contributed by atoms with Gasteiger partial charge in [0.25, 0.3) is 20.2 Å². The first kappa shape index (κ1) is 56.2. The molecule has 388 valence electrons. The highest BCUT2D eigenvalue weighted by atomic mass is 32.2. The lowest BCUT2D eigenvalue weighted by atomic mass is 10.1. The van der Waals surface area contributed by atoms with Gasteiger partial charge in [-0.25, -0.2) is 0 Å². The first-order valence-electron chi connectivity index (χ1n) is 21.4. The van der Waals surface area contributed by atoms with Crippen LogP contribution in [0.2, 0.25) is 0 Å². The number of rotatable bonds is 12. The molecule has 0 aliphatic rings. The molecule has 0 fully saturated rings. The summed E-state index contributed by atoms with van der Waals surface area (Å²) in [7, 11) is -15.7. The van der Waals surface area contributed by atoms with Gasteiger partial charge in [-0.15, -0.1) is 35.5 Å². The number of benzene rings is 8. The van der Waals surface area contributed by atoms with Gasteiger partial charge in [0.15, 0.2) is 5.75 Å². The molecule has 0 saturated heterocycles. The van der Waals surface area contributed by atoms with E-state index >= 15 is 0 Å². The van der Waals surface area contributed by atoms with Gasteiger partial charge in [0, 0.05) is 16.5 Å². The van der Waals surface area contributed by atoms with E-state index in [1.165, 1.54) is 12.1 Å². The van der Waals surface area contributed by atoms with E-state index in [-0.39, 0.29) is 22.2 Å². The summed E-state index contributed by atoms with van der Waals surface area (Å²) >= 11 is 0. The predicted molar refractivity (Wildman–Crippen MR) is 279 cm³/mol. The van der Waals surface area contributed by atoms with Crippen molar-refractivity contribution in [1.82, 2.24) is 0 Å². The first-order valence-corrected chi connectivity index (χ1v) is 26.3. The molecule has 8 aromatic carbocycles. The number of nitrogen functional groups attached to an aromatic ring is 1. The van der Waals surface area contributed by atoms with Crippen LogP contribution in [0.4, 0.5) is 62.6 Å². The highest BCUT2D eigenvalue weighted by Crippen LogP contribution is 2.40. The Morgan fingerprint density at radius 1 is 0.382 bits per heavy atom. The first-order chi connectivity index (χ1) is 35.9. The Labute approximate surface area is 435 Å². The number of aromatic hydroxyl groups is 1. The molecule has 0 aromatic heterocycles. The fourth-order valence-electron chi connectivity index (χ4n) is 6.93. The summed E-state index contributed by atoms with van der Waals surface area (Å²) in [4.78, 5) is -1.06. The van der Waals surface area contributed by atoms with Crippen LogP contribution in [0.1, 0.15) is 22.3 Å². The number of azo groups is 5. The van der Waals surface area contributed by atoms with Crippen LogP contribution in [0, 0.1) is 27.7 Å². The van der Waals surface area contributed by atoms with Crippen LogP contribution in [-0.4, -0.2) is 56.3 Å². The Hall–Kier alpha value is -9.06. The average Bonchev–Trinajstić information content (AvgIpc) is 3.34. The van der Waals surface area contributed by atoms with Crippen LogP contribution in [-0.2, 0) is 41.5 Å². The zero-order chi connectivity index (χ0) is 55.5. The minimum atomic E-state index is -4.80. The van der Waals surface area contributed by atoms with Crippen molar-refractivity contribution in [1.29, 1.82) is 0 Å². The SMILES string of the molecule is Cc1cc(N=Nc2cc(C)c(N=Nc3ccc4cc(N=Nc5ccc(N)cc5)ccc4c3O)cc2C)ccc1N=Nc1ccc(N=Nc2cc3c(S(=O)(=O)O)cccc3cc2S(=O)(=O)O)c(C)c1.O=S(=O)=O.O=S(=O)=O. The van der Waals surface area contributed by atoms with E-state index in [1.54, 1.807) is 79.7 Å². The molecule has 5 N–H and O–H groups in total. The largest absolute Gasteiger partial charge is 0.505 e. The fraction of sp³-hybridized carbons (Fsp3) is 0.0833. The van der Waals surface area contributed by atoms with Crippen molar-refractivity contribution in [3.05, 3.63) is 156 Å². The third-order valence-corrected chi connectivity index (χ3v) is 12.4. The fourth-order valence-corrected chi connectivity index (χ4v) is 8.28. The molecule has 76 heavy (non-hydrogen) atoms. The summed E-state index contributed by atoms with van der Waals surface area (Å²) < 4.78 is 119. The zero-order valence-corrected chi connectivity index (χ0v) is 43.1. The standard InChI is InChI=1S/C48H39N11O7S2.2O3S/c1-27-20-36(14-18-40(27)54-52-35-15-19-41(28(2)21-35)55-59-45-26-39-31(25-47(45)68(64,65)66)6-5-7-46(39)67(61,62)63)53-57-43-22-30(4)44(23-29(43)3)58-56-42-17-8-32-24-37(13-16-38(32)48(42)60)51-50-34-11-9-33(49)10-12-34;2*1-4(2)3/h5-26,60H,49H2,1-4H3,(H,61,62,63)(H,64,65,66);;. The molecular formula is C48H39N11O13S4. The summed E-state index contributed by atoms with van der Waals surface area (Å²) in [5.41, 5.74) is 13.9. The minimum Gasteiger partial charge on any atom is -0.505 e. The van der Waals surface area contributed by atoms with E-state index in [2.05, 4.69) is 51.1 Å². The van der Waals surface area contributed by atoms with Gasteiger partial charge in [0.1, 0.15) is 21.2 Å². The molecule has 0 radical (unpaired) electrons. The summed E-state index contributed by atoms with van der Waals surface area (Å²) in [6.45, 7) is 7.37. The van der Waals surface area contributed by atoms with Crippen molar-refractivity contribution in [2.24, 2.45) is 51.1 Å². The van der Waals surface area contributed by atoms with Crippen LogP contribution >= 0.6 is 0 Å². The molecule has 0 spiro atoms. The molecule has 0 atom stereocenters. The third-order valence-electron chi connectivity index (χ3n) is 10.6. The number of fused-ring (bicyclic) bond motifs is 2. The smallest absolute Gasteiger partial charge is 0.425 e. The average molecular weight is 1110 g/mol. The van der Waals surface area contributed by atoms with Crippen molar-refractivity contribution < 1.29 is 56.3 Å². The lowest BCUT2D eigenvalue weighted by molar-refractivity contribution is 0.482. The Bertz CT molecular complexity index is 4180. The zero-order valence-electron chi connectivity index (χ0n) is 39.8. The predicted octanol–water partition coefficient (Wildman–Crippen LogP) is 13.1. The molecule has 8 aromatic rings. The number of hydrogen-bond donors (Lipinski definition) is 4. The summed E-state index contributed by atoms with van der Waals surface area (Å²) in [6.07, 6.45) is 0. The maximum Gasteiger partial charge on any atom is 0.425 e. The molecule has 28 heteroatoms. The van der Waals surface area contributed by atoms with Crippen LogP contribution in [0.3, 0.4) is 0 Å². The van der Waals surface area contributed by atoms with Gasteiger partial charge < -0.3 is 10.8 Å². The van der Waals surface area contributed by atoms with Gasteiger partial charge in [-0.2, -0.15) is 57.7 Å². The Morgan fingerprint density at radius 2 is 0.776 bits per heavy atom. The Morgan fingerprint density at radius 3 is 1.32 bits per heavy atom. The molecule has 0 heterocycles. The molecule has 8 rings (SSSR count). The molecule has 0 aliphatic heterocycles. The van der Waals surface area contributed by atoms with E-state index in [9.17, 15) is 31.0 Å². The lowest BCUT2D eigenvalue weighted by Crippen LogP contribution is -2.01. The highest BCUT2D eigenvalue weighted by Gasteiger charge is 2.21. The second-order valence-corrected chi connectivity index (χ2v) is 19.5. The van der Waals surface area contributed by atoms with Crippen LogP contribution < -0.4 is 5.73 Å².